The smallest absolute Gasteiger partial charge is 0.251 e. The van der Waals surface area contributed by atoms with E-state index in [1.165, 1.54) is 0 Å². The number of nitrogens with zero attached hydrogens (tertiary/aromatic N) is 1. The van der Waals surface area contributed by atoms with Gasteiger partial charge in [0.2, 0.25) is 5.91 Å². The summed E-state index contributed by atoms with van der Waals surface area (Å²) in [5, 5.41) is 14.9. The minimum absolute atomic E-state index is 0.0425. The third kappa shape index (κ3) is 5.83. The average Bonchev–Trinajstić information content (AvgIpc) is 2.67. The molecular weight excluding hydrogens is 362 g/mol. The zero-order valence-electron chi connectivity index (χ0n) is 15.3. The first-order valence-corrected chi connectivity index (χ1v) is 9.15. The Morgan fingerprint density at radius 3 is 2.30 bits per heavy atom. The minimum Gasteiger partial charge on any atom is -0.340 e. The summed E-state index contributed by atoms with van der Waals surface area (Å²) in [6.45, 7) is 3.89. The standard InChI is InChI=1S/C21H22ClN3O2/c1-3-14(2)19(25-20(26)16-6-8-17(22)9-7-16)21(27)24-18-10-4-15(5-11-18)12-13-23/h4-11,14,19H,3,12H2,1-2H3,(H,24,27)(H,25,26). The highest BCUT2D eigenvalue weighted by Gasteiger charge is 2.26. The van der Waals surface area contributed by atoms with Gasteiger partial charge in [-0.3, -0.25) is 9.59 Å². The van der Waals surface area contributed by atoms with E-state index in [9.17, 15) is 9.59 Å². The molecule has 0 bridgehead atoms. The first-order chi connectivity index (χ1) is 12.9. The molecule has 27 heavy (non-hydrogen) atoms. The summed E-state index contributed by atoms with van der Waals surface area (Å²) in [4.78, 5) is 25.2. The molecular formula is C21H22ClN3O2. The van der Waals surface area contributed by atoms with Crippen LogP contribution in [0.25, 0.3) is 0 Å². The van der Waals surface area contributed by atoms with Gasteiger partial charge in [0, 0.05) is 16.3 Å². The number of amides is 2. The Hall–Kier alpha value is -2.84. The Morgan fingerprint density at radius 2 is 1.74 bits per heavy atom. The zero-order chi connectivity index (χ0) is 19.8. The maximum absolute atomic E-state index is 12.7. The first-order valence-electron chi connectivity index (χ1n) is 8.77. The van der Waals surface area contributed by atoms with Gasteiger partial charge in [-0.2, -0.15) is 5.26 Å². The molecule has 2 atom stereocenters. The molecule has 2 unspecified atom stereocenters. The van der Waals surface area contributed by atoms with Crippen LogP contribution in [0.5, 0.6) is 0 Å². The lowest BCUT2D eigenvalue weighted by Gasteiger charge is -2.23. The van der Waals surface area contributed by atoms with Gasteiger partial charge in [-0.15, -0.1) is 0 Å². The molecule has 0 aromatic heterocycles. The van der Waals surface area contributed by atoms with Crippen LogP contribution >= 0.6 is 11.6 Å². The molecule has 0 radical (unpaired) electrons. The lowest BCUT2D eigenvalue weighted by atomic mass is 9.97. The van der Waals surface area contributed by atoms with E-state index in [1.807, 2.05) is 13.8 Å². The number of halogens is 1. The van der Waals surface area contributed by atoms with Gasteiger partial charge in [0.1, 0.15) is 6.04 Å². The topological polar surface area (TPSA) is 82.0 Å². The van der Waals surface area contributed by atoms with Gasteiger partial charge < -0.3 is 10.6 Å². The zero-order valence-corrected chi connectivity index (χ0v) is 16.1. The van der Waals surface area contributed by atoms with Gasteiger partial charge in [-0.1, -0.05) is 44.0 Å². The largest absolute Gasteiger partial charge is 0.340 e. The van der Waals surface area contributed by atoms with Gasteiger partial charge in [0.15, 0.2) is 0 Å². The molecule has 2 N–H and O–H groups in total. The first kappa shape index (κ1) is 20.5. The second kappa shape index (κ2) is 9.75. The summed E-state index contributed by atoms with van der Waals surface area (Å²) in [5.41, 5.74) is 1.95. The van der Waals surface area contributed by atoms with Crippen LogP contribution in [0.2, 0.25) is 5.02 Å². The number of nitriles is 1. The van der Waals surface area contributed by atoms with E-state index in [0.717, 1.165) is 12.0 Å². The Balaban J connectivity index is 2.10. The molecule has 140 valence electrons. The molecule has 2 amide bonds. The fraction of sp³-hybridized carbons (Fsp3) is 0.286. The van der Waals surface area contributed by atoms with Crippen molar-refractivity contribution in [2.75, 3.05) is 5.32 Å². The highest BCUT2D eigenvalue weighted by Crippen LogP contribution is 2.15. The molecule has 0 saturated carbocycles. The molecule has 0 aliphatic rings. The monoisotopic (exact) mass is 383 g/mol. The number of anilines is 1. The van der Waals surface area contributed by atoms with Crippen LogP contribution in [0.15, 0.2) is 48.5 Å². The Morgan fingerprint density at radius 1 is 1.11 bits per heavy atom. The van der Waals surface area contributed by atoms with Crippen LogP contribution in [0, 0.1) is 17.2 Å². The van der Waals surface area contributed by atoms with Gasteiger partial charge >= 0.3 is 0 Å². The predicted molar refractivity (Wildman–Crippen MR) is 107 cm³/mol. The summed E-state index contributed by atoms with van der Waals surface area (Å²) >= 11 is 5.85. The molecule has 0 fully saturated rings. The van der Waals surface area contributed by atoms with Crippen LogP contribution in [-0.4, -0.2) is 17.9 Å². The lowest BCUT2D eigenvalue weighted by Crippen LogP contribution is -2.47. The van der Waals surface area contributed by atoms with E-state index < -0.39 is 6.04 Å². The summed E-state index contributed by atoms with van der Waals surface area (Å²) in [6.07, 6.45) is 1.06. The third-order valence-electron chi connectivity index (χ3n) is 4.39. The highest BCUT2D eigenvalue weighted by atomic mass is 35.5. The second-order valence-corrected chi connectivity index (χ2v) is 6.80. The quantitative estimate of drug-likeness (QED) is 0.752. The fourth-order valence-corrected chi connectivity index (χ4v) is 2.67. The van der Waals surface area contributed by atoms with Crippen molar-refractivity contribution in [1.29, 1.82) is 5.26 Å². The van der Waals surface area contributed by atoms with Gasteiger partial charge in [0.25, 0.3) is 5.91 Å². The van der Waals surface area contributed by atoms with Crippen LogP contribution in [0.3, 0.4) is 0 Å². The second-order valence-electron chi connectivity index (χ2n) is 6.36. The predicted octanol–water partition coefficient (Wildman–Crippen LogP) is 4.19. The van der Waals surface area contributed by atoms with Crippen molar-refractivity contribution in [2.24, 2.45) is 5.92 Å². The Bertz CT molecular complexity index is 826. The normalized spacial score (nSPS) is 12.5. The fourth-order valence-electron chi connectivity index (χ4n) is 2.54. The molecule has 2 rings (SSSR count). The molecule has 0 saturated heterocycles. The van der Waals surface area contributed by atoms with Crippen LogP contribution in [-0.2, 0) is 11.2 Å². The van der Waals surface area contributed by atoms with Crippen molar-refractivity contribution in [3.05, 3.63) is 64.7 Å². The van der Waals surface area contributed by atoms with Crippen LogP contribution in [0.4, 0.5) is 5.69 Å². The molecule has 0 aliphatic heterocycles. The van der Waals surface area contributed by atoms with Crippen molar-refractivity contribution in [3.8, 4) is 6.07 Å². The van der Waals surface area contributed by atoms with E-state index in [0.29, 0.717) is 22.7 Å². The molecule has 0 heterocycles. The van der Waals surface area contributed by atoms with Gasteiger partial charge in [0.05, 0.1) is 12.5 Å². The maximum Gasteiger partial charge on any atom is 0.251 e. The molecule has 2 aromatic rings. The molecule has 6 heteroatoms. The molecule has 0 aliphatic carbocycles. The number of rotatable bonds is 7. The average molecular weight is 384 g/mol. The van der Waals surface area contributed by atoms with Crippen molar-refractivity contribution in [2.45, 2.75) is 32.7 Å². The third-order valence-corrected chi connectivity index (χ3v) is 4.65. The van der Waals surface area contributed by atoms with E-state index in [4.69, 9.17) is 16.9 Å². The number of nitrogens with one attached hydrogen (secondary N) is 2. The van der Waals surface area contributed by atoms with Crippen molar-refractivity contribution in [1.82, 2.24) is 5.32 Å². The van der Waals surface area contributed by atoms with E-state index in [-0.39, 0.29) is 17.7 Å². The number of carbonyl (C=O) groups is 2. The minimum atomic E-state index is -0.669. The van der Waals surface area contributed by atoms with E-state index in [1.54, 1.807) is 48.5 Å². The number of hydrogen-bond donors (Lipinski definition) is 2. The Kier molecular flexibility index (Phi) is 7.39. The molecule has 5 nitrogen and oxygen atoms in total. The number of benzene rings is 2. The van der Waals surface area contributed by atoms with Crippen molar-refractivity contribution in [3.63, 3.8) is 0 Å². The molecule has 0 spiro atoms. The van der Waals surface area contributed by atoms with Crippen LogP contribution in [0.1, 0.15) is 36.2 Å². The maximum atomic E-state index is 12.7. The van der Waals surface area contributed by atoms with Gasteiger partial charge in [-0.25, -0.2) is 0 Å². The summed E-state index contributed by atoms with van der Waals surface area (Å²) in [7, 11) is 0. The van der Waals surface area contributed by atoms with Crippen molar-refractivity contribution < 1.29 is 9.59 Å². The van der Waals surface area contributed by atoms with Gasteiger partial charge in [-0.05, 0) is 47.9 Å². The SMILES string of the molecule is CCC(C)C(NC(=O)c1ccc(Cl)cc1)C(=O)Nc1ccc(CC#N)cc1. The molecule has 2 aromatic carbocycles. The number of carbonyl (C=O) groups excluding carboxylic acids is 2. The van der Waals surface area contributed by atoms with Crippen LogP contribution < -0.4 is 10.6 Å². The summed E-state index contributed by atoms with van der Waals surface area (Å²) in [6, 6.07) is 15.0. The van der Waals surface area contributed by atoms with E-state index in [2.05, 4.69) is 16.7 Å². The van der Waals surface area contributed by atoms with Crippen molar-refractivity contribution >= 4 is 29.1 Å². The van der Waals surface area contributed by atoms with E-state index >= 15 is 0 Å². The lowest BCUT2D eigenvalue weighted by molar-refractivity contribution is -0.119. The summed E-state index contributed by atoms with van der Waals surface area (Å²) in [5.74, 6) is -0.643. The number of hydrogen-bond acceptors (Lipinski definition) is 3. The summed E-state index contributed by atoms with van der Waals surface area (Å²) < 4.78 is 0. The Labute approximate surface area is 164 Å². The highest BCUT2D eigenvalue weighted by molar-refractivity contribution is 6.30.